The van der Waals surface area contributed by atoms with Gasteiger partial charge in [0, 0.05) is 25.0 Å². The van der Waals surface area contributed by atoms with Crippen molar-refractivity contribution in [1.82, 2.24) is 9.78 Å². The van der Waals surface area contributed by atoms with E-state index in [1.54, 1.807) is 6.92 Å². The molecule has 3 rings (SSSR count). The molecule has 6 heteroatoms. The quantitative estimate of drug-likeness (QED) is 0.761. The van der Waals surface area contributed by atoms with Gasteiger partial charge < -0.3 is 19.7 Å². The molecule has 2 heterocycles. The first-order valence-corrected chi connectivity index (χ1v) is 8.68. The number of ether oxygens (including phenoxy) is 2. The van der Waals surface area contributed by atoms with E-state index in [2.05, 4.69) is 5.10 Å². The van der Waals surface area contributed by atoms with E-state index in [0.717, 1.165) is 42.3 Å². The summed E-state index contributed by atoms with van der Waals surface area (Å²) < 4.78 is 13.1. The lowest BCUT2D eigenvalue weighted by Gasteiger charge is -2.23. The number of aromatic nitrogens is 2. The lowest BCUT2D eigenvalue weighted by Crippen LogP contribution is -2.18. The Morgan fingerprint density at radius 1 is 1.38 bits per heavy atom. The Kier molecular flexibility index (Phi) is 5.84. The highest BCUT2D eigenvalue weighted by Gasteiger charge is 2.19. The predicted octanol–water partition coefficient (Wildman–Crippen LogP) is 2.56. The molecule has 1 aliphatic heterocycles. The van der Waals surface area contributed by atoms with Gasteiger partial charge in [-0.25, -0.2) is 4.68 Å². The zero-order chi connectivity index (χ0) is 16.9. The Morgan fingerprint density at radius 3 is 3.00 bits per heavy atom. The molecule has 0 radical (unpaired) electrons. The molecular weight excluding hydrogens is 308 g/mol. The topological polar surface area (TPSA) is 76.7 Å². The molecule has 0 saturated carbocycles. The van der Waals surface area contributed by atoms with Gasteiger partial charge in [-0.1, -0.05) is 6.07 Å². The van der Waals surface area contributed by atoms with Crippen molar-refractivity contribution in [2.24, 2.45) is 0 Å². The minimum Gasteiger partial charge on any atom is -0.391 e. The van der Waals surface area contributed by atoms with Crippen LogP contribution in [-0.2, 0) is 9.47 Å². The van der Waals surface area contributed by atoms with Crippen LogP contribution in [-0.4, -0.2) is 45.9 Å². The molecule has 2 unspecified atom stereocenters. The average molecular weight is 334 g/mol. The van der Waals surface area contributed by atoms with Crippen LogP contribution < -0.4 is 0 Å². The molecule has 0 bridgehead atoms. The number of benzene rings is 1. The molecule has 2 aromatic rings. The van der Waals surface area contributed by atoms with Crippen molar-refractivity contribution < 1.29 is 19.7 Å². The Labute approximate surface area is 142 Å². The van der Waals surface area contributed by atoms with Crippen LogP contribution in [0.2, 0.25) is 0 Å². The van der Waals surface area contributed by atoms with Crippen LogP contribution >= 0.6 is 0 Å². The number of rotatable bonds is 7. The normalized spacial score (nSPS) is 21.0. The molecule has 0 amide bonds. The first-order chi connectivity index (χ1) is 11.6. The zero-order valence-electron chi connectivity index (χ0n) is 14.1. The van der Waals surface area contributed by atoms with Crippen LogP contribution in [0.1, 0.15) is 50.5 Å². The highest BCUT2D eigenvalue weighted by molar-refractivity contribution is 5.79. The molecule has 0 aliphatic carbocycles. The van der Waals surface area contributed by atoms with Crippen LogP contribution in [0.25, 0.3) is 10.9 Å². The van der Waals surface area contributed by atoms with Crippen molar-refractivity contribution in [3.05, 3.63) is 30.0 Å². The van der Waals surface area contributed by atoms with Gasteiger partial charge in [-0.3, -0.25) is 0 Å². The maximum atomic E-state index is 10.3. The van der Waals surface area contributed by atoms with Gasteiger partial charge in [0.25, 0.3) is 0 Å². The second-order valence-electron chi connectivity index (χ2n) is 6.46. The highest BCUT2D eigenvalue weighted by Crippen LogP contribution is 2.28. The number of hydrogen-bond acceptors (Lipinski definition) is 5. The number of hydrogen-bond donors (Lipinski definition) is 2. The van der Waals surface area contributed by atoms with E-state index in [0.29, 0.717) is 19.6 Å². The van der Waals surface area contributed by atoms with Gasteiger partial charge in [0.05, 0.1) is 30.5 Å². The Morgan fingerprint density at radius 2 is 2.25 bits per heavy atom. The van der Waals surface area contributed by atoms with Crippen LogP contribution in [0.3, 0.4) is 0 Å². The summed E-state index contributed by atoms with van der Waals surface area (Å²) in [5, 5.41) is 24.9. The molecule has 1 aromatic carbocycles. The molecule has 2 N–H and O–H groups in total. The fourth-order valence-electron chi connectivity index (χ4n) is 3.04. The summed E-state index contributed by atoms with van der Waals surface area (Å²) in [4.78, 5) is 0. The summed E-state index contributed by atoms with van der Waals surface area (Å²) >= 11 is 0. The molecule has 1 saturated heterocycles. The van der Waals surface area contributed by atoms with Gasteiger partial charge in [0.15, 0.2) is 6.23 Å². The van der Waals surface area contributed by atoms with E-state index in [1.807, 2.05) is 29.1 Å². The van der Waals surface area contributed by atoms with Crippen LogP contribution in [0, 0.1) is 0 Å². The van der Waals surface area contributed by atoms with Gasteiger partial charge >= 0.3 is 0 Å². The number of fused-ring (bicyclic) bond motifs is 1. The summed E-state index contributed by atoms with van der Waals surface area (Å²) in [6, 6.07) is 5.90. The molecule has 6 nitrogen and oxygen atoms in total. The van der Waals surface area contributed by atoms with Gasteiger partial charge in [0.2, 0.25) is 0 Å². The van der Waals surface area contributed by atoms with Crippen LogP contribution in [0.4, 0.5) is 0 Å². The largest absolute Gasteiger partial charge is 0.391 e. The van der Waals surface area contributed by atoms with Gasteiger partial charge in [-0.15, -0.1) is 0 Å². The third-order valence-electron chi connectivity index (χ3n) is 4.33. The van der Waals surface area contributed by atoms with E-state index in [4.69, 9.17) is 14.6 Å². The standard InChI is InChI=1S/C18H26N2O4/c1-13(21)12-23-9-7-17(22)14-5-6-16-15(10-14)11-19-20(16)18-4-2-3-8-24-18/h5-6,10-11,13,17-18,21-22H,2-4,7-9,12H2,1H3/t13-,17?,18?/m0/s1. The van der Waals surface area contributed by atoms with E-state index >= 15 is 0 Å². The summed E-state index contributed by atoms with van der Waals surface area (Å²) in [7, 11) is 0. The van der Waals surface area contributed by atoms with E-state index < -0.39 is 12.2 Å². The first-order valence-electron chi connectivity index (χ1n) is 8.68. The number of aliphatic hydroxyl groups is 2. The minimum absolute atomic E-state index is 0.0147. The SMILES string of the molecule is C[C@H](O)COCCC(O)c1ccc2c(cnn2C2CCCCO2)c1. The van der Waals surface area contributed by atoms with Gasteiger partial charge in [-0.05, 0) is 43.9 Å². The molecule has 3 atom stereocenters. The maximum Gasteiger partial charge on any atom is 0.150 e. The second-order valence-corrected chi connectivity index (χ2v) is 6.46. The van der Waals surface area contributed by atoms with Crippen LogP contribution in [0.5, 0.6) is 0 Å². The van der Waals surface area contributed by atoms with E-state index in [1.165, 1.54) is 0 Å². The first kappa shape index (κ1) is 17.4. The third kappa shape index (κ3) is 4.13. The van der Waals surface area contributed by atoms with Crippen molar-refractivity contribution in [3.8, 4) is 0 Å². The molecule has 132 valence electrons. The van der Waals surface area contributed by atoms with Crippen molar-refractivity contribution in [1.29, 1.82) is 0 Å². The molecule has 1 aliphatic rings. The van der Waals surface area contributed by atoms with Crippen LogP contribution in [0.15, 0.2) is 24.4 Å². The Balaban J connectivity index is 1.65. The number of nitrogens with zero attached hydrogens (tertiary/aromatic N) is 2. The van der Waals surface area contributed by atoms with Crippen molar-refractivity contribution >= 4 is 10.9 Å². The lowest BCUT2D eigenvalue weighted by atomic mass is 10.1. The minimum atomic E-state index is -0.585. The molecular formula is C18H26N2O4. The average Bonchev–Trinajstić information content (AvgIpc) is 3.02. The highest BCUT2D eigenvalue weighted by atomic mass is 16.5. The summed E-state index contributed by atoms with van der Waals surface area (Å²) in [6.45, 7) is 3.17. The van der Waals surface area contributed by atoms with Crippen molar-refractivity contribution in [3.63, 3.8) is 0 Å². The maximum absolute atomic E-state index is 10.3. The molecule has 24 heavy (non-hydrogen) atoms. The lowest BCUT2D eigenvalue weighted by molar-refractivity contribution is -0.0366. The molecule has 1 fully saturated rings. The van der Waals surface area contributed by atoms with Crippen molar-refractivity contribution in [2.75, 3.05) is 19.8 Å². The number of aliphatic hydroxyl groups excluding tert-OH is 2. The summed E-state index contributed by atoms with van der Waals surface area (Å²) in [5.41, 5.74) is 1.88. The van der Waals surface area contributed by atoms with E-state index in [9.17, 15) is 5.11 Å². The van der Waals surface area contributed by atoms with Crippen molar-refractivity contribution in [2.45, 2.75) is 51.0 Å². The molecule has 0 spiro atoms. The summed E-state index contributed by atoms with van der Waals surface area (Å²) in [5.74, 6) is 0. The fourth-order valence-corrected chi connectivity index (χ4v) is 3.04. The third-order valence-corrected chi connectivity index (χ3v) is 4.33. The predicted molar refractivity (Wildman–Crippen MR) is 90.6 cm³/mol. The smallest absolute Gasteiger partial charge is 0.150 e. The fraction of sp³-hybridized carbons (Fsp3) is 0.611. The monoisotopic (exact) mass is 334 g/mol. The van der Waals surface area contributed by atoms with Gasteiger partial charge in [0.1, 0.15) is 0 Å². The Bertz CT molecular complexity index is 650. The van der Waals surface area contributed by atoms with Gasteiger partial charge in [-0.2, -0.15) is 5.10 Å². The zero-order valence-corrected chi connectivity index (χ0v) is 14.1. The summed E-state index contributed by atoms with van der Waals surface area (Å²) in [6.07, 6.45) is 4.54. The second kappa shape index (κ2) is 8.07. The van der Waals surface area contributed by atoms with E-state index in [-0.39, 0.29) is 6.23 Å². The Hall–Kier alpha value is -1.47. The molecule has 1 aromatic heterocycles.